The Hall–Kier alpha value is -1.01. The van der Waals surface area contributed by atoms with E-state index in [1.807, 2.05) is 30.8 Å². The van der Waals surface area contributed by atoms with Crippen LogP contribution in [-0.4, -0.2) is 27.2 Å². The van der Waals surface area contributed by atoms with Gasteiger partial charge in [0.2, 0.25) is 5.89 Å². The van der Waals surface area contributed by atoms with E-state index in [1.165, 1.54) is 5.56 Å². The first-order valence-corrected chi connectivity index (χ1v) is 7.59. The Morgan fingerprint density at radius 2 is 2.06 bits per heavy atom. The van der Waals surface area contributed by atoms with E-state index in [0.29, 0.717) is 11.1 Å². The Morgan fingerprint density at radius 1 is 1.24 bits per heavy atom. The molecule has 0 spiro atoms. The molecule has 0 fully saturated rings. The first-order valence-electron chi connectivity index (χ1n) is 5.21. The maximum atomic E-state index is 5.47. The van der Waals surface area contributed by atoms with Gasteiger partial charge in [0.15, 0.2) is 0 Å². The summed E-state index contributed by atoms with van der Waals surface area (Å²) in [4.78, 5) is 3.99. The molecule has 90 valence electrons. The minimum absolute atomic E-state index is 0.656. The molecule has 0 saturated carbocycles. The average molecular weight is 267 g/mol. The normalized spacial score (nSPS) is 10.6. The molecule has 2 aromatic heterocycles. The predicted octanol–water partition coefficient (Wildman–Crippen LogP) is 2.66. The predicted molar refractivity (Wildman–Crippen MR) is 70.2 cm³/mol. The van der Waals surface area contributed by atoms with Crippen molar-refractivity contribution in [2.45, 2.75) is 17.4 Å². The van der Waals surface area contributed by atoms with Crippen LogP contribution < -0.4 is 0 Å². The molecule has 0 saturated heterocycles. The number of thioether (sulfide) groups is 2. The van der Waals surface area contributed by atoms with Crippen molar-refractivity contribution in [1.82, 2.24) is 15.2 Å². The summed E-state index contributed by atoms with van der Waals surface area (Å²) in [5, 5.41) is 8.61. The number of hydrogen-bond donors (Lipinski definition) is 0. The van der Waals surface area contributed by atoms with Crippen molar-refractivity contribution < 1.29 is 4.42 Å². The van der Waals surface area contributed by atoms with Crippen LogP contribution in [0.1, 0.15) is 11.5 Å². The van der Waals surface area contributed by atoms with Gasteiger partial charge in [0.25, 0.3) is 5.22 Å². The molecule has 17 heavy (non-hydrogen) atoms. The zero-order valence-corrected chi connectivity index (χ0v) is 11.1. The third kappa shape index (κ3) is 4.05. The molecule has 0 bridgehead atoms. The van der Waals surface area contributed by atoms with E-state index in [0.717, 1.165) is 17.9 Å². The second kappa shape index (κ2) is 6.66. The van der Waals surface area contributed by atoms with Crippen LogP contribution in [0.2, 0.25) is 0 Å². The molecule has 0 aliphatic carbocycles. The van der Waals surface area contributed by atoms with Crippen molar-refractivity contribution >= 4 is 23.5 Å². The van der Waals surface area contributed by atoms with Crippen LogP contribution in [0.4, 0.5) is 0 Å². The molecular weight excluding hydrogens is 254 g/mol. The van der Waals surface area contributed by atoms with Crippen LogP contribution in [0, 0.1) is 0 Å². The molecule has 0 unspecified atom stereocenters. The van der Waals surface area contributed by atoms with Gasteiger partial charge in [-0.2, -0.15) is 11.8 Å². The third-order valence-electron chi connectivity index (χ3n) is 2.08. The van der Waals surface area contributed by atoms with Crippen molar-refractivity contribution in [3.8, 4) is 0 Å². The van der Waals surface area contributed by atoms with E-state index in [2.05, 4.69) is 15.2 Å². The lowest BCUT2D eigenvalue weighted by Crippen LogP contribution is -1.88. The zero-order valence-electron chi connectivity index (χ0n) is 9.50. The van der Waals surface area contributed by atoms with Crippen LogP contribution in [0.5, 0.6) is 0 Å². The van der Waals surface area contributed by atoms with Gasteiger partial charge in [-0.05, 0) is 30.4 Å². The Labute approximate surface area is 109 Å². The standard InChI is InChI=1S/C11H13N3OS2/c1-16-8-10-13-14-11(15-10)17-7-4-9-2-5-12-6-3-9/h2-3,5-6H,4,7-8H2,1H3. The number of aryl methyl sites for hydroxylation is 1. The lowest BCUT2D eigenvalue weighted by atomic mass is 10.2. The van der Waals surface area contributed by atoms with E-state index >= 15 is 0 Å². The van der Waals surface area contributed by atoms with Crippen molar-refractivity contribution in [2.75, 3.05) is 12.0 Å². The summed E-state index contributed by atoms with van der Waals surface area (Å²) in [5.41, 5.74) is 1.27. The van der Waals surface area contributed by atoms with Gasteiger partial charge in [-0.25, -0.2) is 0 Å². The molecule has 0 amide bonds. The van der Waals surface area contributed by atoms with E-state index in [-0.39, 0.29) is 0 Å². The van der Waals surface area contributed by atoms with Crippen LogP contribution in [0.3, 0.4) is 0 Å². The Kier molecular flexibility index (Phi) is 4.88. The lowest BCUT2D eigenvalue weighted by molar-refractivity contribution is 0.426. The van der Waals surface area contributed by atoms with Crippen molar-refractivity contribution in [3.05, 3.63) is 36.0 Å². The van der Waals surface area contributed by atoms with Gasteiger partial charge in [-0.15, -0.1) is 10.2 Å². The highest BCUT2D eigenvalue weighted by molar-refractivity contribution is 7.99. The maximum Gasteiger partial charge on any atom is 0.276 e. The summed E-state index contributed by atoms with van der Waals surface area (Å²) >= 11 is 3.27. The van der Waals surface area contributed by atoms with Crippen molar-refractivity contribution in [1.29, 1.82) is 0 Å². The van der Waals surface area contributed by atoms with Gasteiger partial charge >= 0.3 is 0 Å². The summed E-state index contributed by atoms with van der Waals surface area (Å²) in [7, 11) is 0. The Bertz CT molecular complexity index is 447. The third-order valence-corrected chi connectivity index (χ3v) is 3.44. The largest absolute Gasteiger partial charge is 0.415 e. The molecular formula is C11H13N3OS2. The SMILES string of the molecule is CSCc1nnc(SCCc2ccncc2)o1. The second-order valence-electron chi connectivity index (χ2n) is 3.35. The summed E-state index contributed by atoms with van der Waals surface area (Å²) in [6.45, 7) is 0. The summed E-state index contributed by atoms with van der Waals surface area (Å²) < 4.78 is 5.47. The number of rotatable bonds is 6. The van der Waals surface area contributed by atoms with Crippen molar-refractivity contribution in [2.24, 2.45) is 0 Å². The number of aromatic nitrogens is 3. The molecule has 0 aromatic carbocycles. The maximum absolute atomic E-state index is 5.47. The molecule has 6 heteroatoms. The lowest BCUT2D eigenvalue weighted by Gasteiger charge is -1.97. The summed E-state index contributed by atoms with van der Waals surface area (Å²) in [6, 6.07) is 4.04. The first kappa shape index (κ1) is 12.4. The Balaban J connectivity index is 1.78. The smallest absolute Gasteiger partial charge is 0.276 e. The molecule has 0 aliphatic heterocycles. The summed E-state index contributed by atoms with van der Waals surface area (Å²) in [6.07, 6.45) is 6.61. The highest BCUT2D eigenvalue weighted by Gasteiger charge is 2.05. The fourth-order valence-corrected chi connectivity index (χ4v) is 2.41. The number of nitrogens with zero attached hydrogens (tertiary/aromatic N) is 3. The molecule has 0 aliphatic rings. The Morgan fingerprint density at radius 3 is 2.82 bits per heavy atom. The number of pyridine rings is 1. The molecule has 2 rings (SSSR count). The van der Waals surface area contributed by atoms with Gasteiger partial charge in [0, 0.05) is 18.1 Å². The number of hydrogen-bond acceptors (Lipinski definition) is 6. The highest BCUT2D eigenvalue weighted by atomic mass is 32.2. The van der Waals surface area contributed by atoms with Crippen LogP contribution in [0.15, 0.2) is 34.2 Å². The molecule has 4 nitrogen and oxygen atoms in total. The van der Waals surface area contributed by atoms with E-state index in [9.17, 15) is 0 Å². The molecule has 2 aromatic rings. The van der Waals surface area contributed by atoms with Gasteiger partial charge in [-0.1, -0.05) is 11.8 Å². The van der Waals surface area contributed by atoms with Gasteiger partial charge < -0.3 is 4.42 Å². The fourth-order valence-electron chi connectivity index (χ4n) is 1.28. The molecule has 0 radical (unpaired) electrons. The molecule has 0 atom stereocenters. The summed E-state index contributed by atoms with van der Waals surface area (Å²) in [5.74, 6) is 2.41. The monoisotopic (exact) mass is 267 g/mol. The fraction of sp³-hybridized carbons (Fsp3) is 0.364. The van der Waals surface area contributed by atoms with Gasteiger partial charge in [0.05, 0.1) is 5.75 Å². The first-order chi connectivity index (χ1) is 8.38. The molecule has 0 N–H and O–H groups in total. The average Bonchev–Trinajstić information content (AvgIpc) is 2.79. The topological polar surface area (TPSA) is 51.8 Å². The zero-order chi connectivity index (χ0) is 11.9. The van der Waals surface area contributed by atoms with E-state index in [4.69, 9.17) is 4.42 Å². The van der Waals surface area contributed by atoms with Crippen LogP contribution >= 0.6 is 23.5 Å². The van der Waals surface area contributed by atoms with E-state index in [1.54, 1.807) is 23.5 Å². The minimum Gasteiger partial charge on any atom is -0.415 e. The van der Waals surface area contributed by atoms with Gasteiger partial charge in [0.1, 0.15) is 0 Å². The minimum atomic E-state index is 0.656. The van der Waals surface area contributed by atoms with E-state index < -0.39 is 0 Å². The second-order valence-corrected chi connectivity index (χ2v) is 5.26. The molecule has 2 heterocycles. The quantitative estimate of drug-likeness (QED) is 0.750. The van der Waals surface area contributed by atoms with Gasteiger partial charge in [-0.3, -0.25) is 4.98 Å². The van der Waals surface area contributed by atoms with Crippen molar-refractivity contribution in [3.63, 3.8) is 0 Å². The highest BCUT2D eigenvalue weighted by Crippen LogP contribution is 2.19. The van der Waals surface area contributed by atoms with Crippen LogP contribution in [-0.2, 0) is 12.2 Å². The van der Waals surface area contributed by atoms with Crippen LogP contribution in [0.25, 0.3) is 0 Å².